The van der Waals surface area contributed by atoms with Crippen molar-refractivity contribution in [3.8, 4) is 34.4 Å². The minimum Gasteiger partial charge on any atom is -0.488 e. The largest absolute Gasteiger partial charge is 0.488 e. The molecule has 5 rings (SSSR count). The fraction of sp³-hybridized carbons (Fsp3) is 0.0400. The van der Waals surface area contributed by atoms with Crippen LogP contribution >= 0.6 is 11.6 Å². The quantitative estimate of drug-likeness (QED) is 0.350. The molecule has 0 atom stereocenters. The first-order valence-corrected chi connectivity index (χ1v) is 10.5. The molecule has 0 spiro atoms. The predicted octanol–water partition coefficient (Wildman–Crippen LogP) is 5.18. The molecule has 2 aromatic heterocycles. The van der Waals surface area contributed by atoms with E-state index in [1.54, 1.807) is 35.1 Å². The first-order valence-electron chi connectivity index (χ1n) is 10.1. The molecule has 7 nitrogen and oxygen atoms in total. The van der Waals surface area contributed by atoms with Gasteiger partial charge in [0.05, 0.1) is 11.3 Å². The van der Waals surface area contributed by atoms with E-state index in [0.717, 1.165) is 11.3 Å². The van der Waals surface area contributed by atoms with E-state index in [-0.39, 0.29) is 17.0 Å². The SMILES string of the molecule is O=c1ccn(-c2ccc(Cl)cc2)nc1-c1nc(-c2ccccc2OCc2ccccc2)no1. The summed E-state index contributed by atoms with van der Waals surface area (Å²) in [4.78, 5) is 16.9. The van der Waals surface area contributed by atoms with Crippen molar-refractivity contribution in [2.45, 2.75) is 6.61 Å². The van der Waals surface area contributed by atoms with Gasteiger partial charge in [0, 0.05) is 17.3 Å². The van der Waals surface area contributed by atoms with Gasteiger partial charge in [-0.1, -0.05) is 59.2 Å². The first kappa shape index (κ1) is 20.7. The van der Waals surface area contributed by atoms with E-state index < -0.39 is 0 Å². The van der Waals surface area contributed by atoms with Crippen LogP contribution in [0.4, 0.5) is 0 Å². The minimum absolute atomic E-state index is 0.0242. The molecule has 0 amide bonds. The van der Waals surface area contributed by atoms with Crippen molar-refractivity contribution < 1.29 is 9.26 Å². The molecule has 0 N–H and O–H groups in total. The Morgan fingerprint density at radius 3 is 2.48 bits per heavy atom. The zero-order valence-corrected chi connectivity index (χ0v) is 18.0. The van der Waals surface area contributed by atoms with Gasteiger partial charge in [0.1, 0.15) is 12.4 Å². The van der Waals surface area contributed by atoms with Gasteiger partial charge in [-0.15, -0.1) is 0 Å². The van der Waals surface area contributed by atoms with Crippen molar-refractivity contribution in [3.05, 3.63) is 112 Å². The first-order chi connectivity index (χ1) is 16.2. The standard InChI is InChI=1S/C25H17ClN4O3/c26-18-10-12-19(13-11-18)30-15-14-21(31)23(28-30)25-27-24(29-33-25)20-8-4-5-9-22(20)32-16-17-6-2-1-3-7-17/h1-15H,16H2. The van der Waals surface area contributed by atoms with Crippen LogP contribution in [0.25, 0.3) is 28.7 Å². The van der Waals surface area contributed by atoms with Crippen LogP contribution in [-0.2, 0) is 6.61 Å². The van der Waals surface area contributed by atoms with Gasteiger partial charge in [0.2, 0.25) is 11.3 Å². The van der Waals surface area contributed by atoms with Gasteiger partial charge in [-0.3, -0.25) is 4.79 Å². The average molecular weight is 457 g/mol. The summed E-state index contributed by atoms with van der Waals surface area (Å²) in [5, 5.41) is 9.05. The maximum Gasteiger partial charge on any atom is 0.282 e. The summed E-state index contributed by atoms with van der Waals surface area (Å²) in [5.41, 5.74) is 2.15. The summed E-state index contributed by atoms with van der Waals surface area (Å²) < 4.78 is 12.9. The van der Waals surface area contributed by atoms with E-state index >= 15 is 0 Å². The summed E-state index contributed by atoms with van der Waals surface area (Å²) in [5.74, 6) is 0.932. The van der Waals surface area contributed by atoms with E-state index in [2.05, 4.69) is 15.2 Å². The Bertz CT molecular complexity index is 1450. The highest BCUT2D eigenvalue weighted by atomic mass is 35.5. The number of halogens is 1. The molecule has 0 unspecified atom stereocenters. The lowest BCUT2D eigenvalue weighted by molar-refractivity contribution is 0.307. The second-order valence-electron chi connectivity index (χ2n) is 7.14. The van der Waals surface area contributed by atoms with Crippen LogP contribution in [0.5, 0.6) is 5.75 Å². The number of ether oxygens (including phenoxy) is 1. The lowest BCUT2D eigenvalue weighted by Gasteiger charge is -2.09. The molecule has 33 heavy (non-hydrogen) atoms. The van der Waals surface area contributed by atoms with Gasteiger partial charge in [0.25, 0.3) is 5.89 Å². The highest BCUT2D eigenvalue weighted by molar-refractivity contribution is 6.30. The van der Waals surface area contributed by atoms with Gasteiger partial charge in [-0.05, 0) is 42.0 Å². The Morgan fingerprint density at radius 1 is 0.909 bits per heavy atom. The minimum atomic E-state index is -0.330. The van der Waals surface area contributed by atoms with E-state index in [1.165, 1.54) is 6.07 Å². The Morgan fingerprint density at radius 2 is 1.67 bits per heavy atom. The van der Waals surface area contributed by atoms with Crippen molar-refractivity contribution in [2.24, 2.45) is 0 Å². The molecular formula is C25H17ClN4O3. The van der Waals surface area contributed by atoms with Crippen LogP contribution in [0.1, 0.15) is 5.56 Å². The third-order valence-corrected chi connectivity index (χ3v) is 5.15. The number of hydrogen-bond acceptors (Lipinski definition) is 6. The summed E-state index contributed by atoms with van der Waals surface area (Å²) in [6.07, 6.45) is 1.57. The van der Waals surface area contributed by atoms with E-state index in [1.807, 2.05) is 54.6 Å². The summed E-state index contributed by atoms with van der Waals surface area (Å²) >= 11 is 5.96. The Hall–Kier alpha value is -4.23. The summed E-state index contributed by atoms with van der Waals surface area (Å²) in [6.45, 7) is 0.397. The van der Waals surface area contributed by atoms with E-state index in [4.69, 9.17) is 20.9 Å². The highest BCUT2D eigenvalue weighted by Crippen LogP contribution is 2.29. The third-order valence-electron chi connectivity index (χ3n) is 4.89. The van der Waals surface area contributed by atoms with Gasteiger partial charge >= 0.3 is 0 Å². The molecule has 162 valence electrons. The Balaban J connectivity index is 1.45. The molecule has 0 radical (unpaired) electrons. The monoisotopic (exact) mass is 456 g/mol. The van der Waals surface area contributed by atoms with Crippen LogP contribution < -0.4 is 10.2 Å². The van der Waals surface area contributed by atoms with Crippen molar-refractivity contribution >= 4 is 11.6 Å². The second kappa shape index (κ2) is 9.10. The lowest BCUT2D eigenvalue weighted by atomic mass is 10.2. The molecule has 0 saturated carbocycles. The molecule has 0 aliphatic rings. The zero-order chi connectivity index (χ0) is 22.6. The fourth-order valence-corrected chi connectivity index (χ4v) is 3.36. The molecule has 0 fully saturated rings. The summed E-state index contributed by atoms with van der Waals surface area (Å²) in [6, 6.07) is 25.7. The van der Waals surface area contributed by atoms with Crippen molar-refractivity contribution in [1.29, 1.82) is 0 Å². The normalized spacial score (nSPS) is 10.8. The number of nitrogens with zero attached hydrogens (tertiary/aromatic N) is 4. The maximum atomic E-state index is 12.5. The van der Waals surface area contributed by atoms with E-state index in [0.29, 0.717) is 28.8 Å². The van der Waals surface area contributed by atoms with Crippen LogP contribution in [0, 0.1) is 0 Å². The molecule has 2 heterocycles. The third kappa shape index (κ3) is 4.53. The van der Waals surface area contributed by atoms with Crippen LogP contribution in [-0.4, -0.2) is 19.9 Å². The predicted molar refractivity (Wildman–Crippen MR) is 124 cm³/mol. The molecule has 5 aromatic rings. The zero-order valence-electron chi connectivity index (χ0n) is 17.3. The number of aromatic nitrogens is 4. The van der Waals surface area contributed by atoms with Gasteiger partial charge < -0.3 is 9.26 Å². The topological polar surface area (TPSA) is 83.0 Å². The van der Waals surface area contributed by atoms with E-state index in [9.17, 15) is 4.79 Å². The second-order valence-corrected chi connectivity index (χ2v) is 7.58. The number of benzene rings is 3. The maximum absolute atomic E-state index is 12.5. The summed E-state index contributed by atoms with van der Waals surface area (Å²) in [7, 11) is 0. The molecular weight excluding hydrogens is 440 g/mol. The smallest absolute Gasteiger partial charge is 0.282 e. The van der Waals surface area contributed by atoms with Crippen LogP contribution in [0.2, 0.25) is 5.02 Å². The highest BCUT2D eigenvalue weighted by Gasteiger charge is 2.18. The number of para-hydroxylation sites is 1. The molecule has 3 aromatic carbocycles. The van der Waals surface area contributed by atoms with Crippen molar-refractivity contribution in [1.82, 2.24) is 19.9 Å². The Kier molecular flexibility index (Phi) is 5.70. The average Bonchev–Trinajstić information content (AvgIpc) is 3.34. The van der Waals surface area contributed by atoms with Gasteiger partial charge in [-0.25, -0.2) is 4.68 Å². The molecule has 0 saturated heterocycles. The molecule has 8 heteroatoms. The van der Waals surface area contributed by atoms with Gasteiger partial charge in [-0.2, -0.15) is 10.1 Å². The molecule has 0 bridgehead atoms. The van der Waals surface area contributed by atoms with Crippen molar-refractivity contribution in [3.63, 3.8) is 0 Å². The molecule has 0 aliphatic heterocycles. The Labute approximate surface area is 193 Å². The molecule has 0 aliphatic carbocycles. The number of rotatable bonds is 6. The number of hydrogen-bond donors (Lipinski definition) is 0. The van der Waals surface area contributed by atoms with Crippen molar-refractivity contribution in [2.75, 3.05) is 0 Å². The fourth-order valence-electron chi connectivity index (χ4n) is 3.23. The van der Waals surface area contributed by atoms with Crippen LogP contribution in [0.15, 0.2) is 100 Å². The lowest BCUT2D eigenvalue weighted by Crippen LogP contribution is -2.12. The van der Waals surface area contributed by atoms with Gasteiger partial charge in [0.15, 0.2) is 5.69 Å². The van der Waals surface area contributed by atoms with Crippen LogP contribution in [0.3, 0.4) is 0 Å².